The molecule has 0 spiro atoms. The van der Waals surface area contributed by atoms with Crippen LogP contribution in [0.4, 0.5) is 13.2 Å². The average Bonchev–Trinajstić information content (AvgIpc) is 2.69. The summed E-state index contributed by atoms with van der Waals surface area (Å²) in [6, 6.07) is 2.41. The third-order valence-corrected chi connectivity index (χ3v) is 5.75. The molecule has 0 bridgehead atoms. The maximum atomic E-state index is 12.6. The Labute approximate surface area is 133 Å². The number of aryl methyl sites for hydroxylation is 1. The molecule has 9 heteroatoms. The Morgan fingerprint density at radius 3 is 2.27 bits per heavy atom. The molecule has 0 aliphatic carbocycles. The van der Waals surface area contributed by atoms with E-state index in [0.29, 0.717) is 0 Å². The topological polar surface area (TPSA) is 63.4 Å². The molecule has 1 aliphatic rings. The quantitative estimate of drug-likeness (QED) is 0.883. The lowest BCUT2D eigenvalue weighted by molar-refractivity contribution is -0.137. The molecule has 1 fully saturated rings. The second-order valence-electron chi connectivity index (χ2n) is 5.44. The number of halogens is 4. The van der Waals surface area contributed by atoms with Gasteiger partial charge in [-0.25, -0.2) is 8.42 Å². The molecule has 4 nitrogen and oxygen atoms in total. The third kappa shape index (κ3) is 3.56. The van der Waals surface area contributed by atoms with Crippen LogP contribution in [-0.2, 0) is 16.2 Å². The minimum Gasteiger partial charge on any atom is -0.326 e. The Balaban J connectivity index is 0.00000242. The van der Waals surface area contributed by atoms with E-state index in [9.17, 15) is 21.6 Å². The Morgan fingerprint density at radius 1 is 1.27 bits per heavy atom. The summed E-state index contributed by atoms with van der Waals surface area (Å²) in [7, 11) is -3.81. The highest BCUT2D eigenvalue weighted by molar-refractivity contribution is 7.89. The van der Waals surface area contributed by atoms with Crippen molar-refractivity contribution < 1.29 is 21.6 Å². The van der Waals surface area contributed by atoms with Gasteiger partial charge < -0.3 is 5.73 Å². The van der Waals surface area contributed by atoms with Crippen LogP contribution in [0.5, 0.6) is 0 Å². The van der Waals surface area contributed by atoms with Gasteiger partial charge >= 0.3 is 6.18 Å². The van der Waals surface area contributed by atoms with Crippen LogP contribution in [0.2, 0.25) is 0 Å². The molecule has 1 aliphatic heterocycles. The molecule has 0 radical (unpaired) electrons. The molecule has 126 valence electrons. The van der Waals surface area contributed by atoms with E-state index in [0.717, 1.165) is 18.2 Å². The van der Waals surface area contributed by atoms with Crippen LogP contribution in [0, 0.1) is 12.8 Å². The summed E-state index contributed by atoms with van der Waals surface area (Å²) < 4.78 is 64.1. The number of hydrogen-bond acceptors (Lipinski definition) is 3. The van der Waals surface area contributed by atoms with Gasteiger partial charge in [0.15, 0.2) is 0 Å². The summed E-state index contributed by atoms with van der Waals surface area (Å²) in [5.41, 5.74) is 5.03. The Morgan fingerprint density at radius 2 is 1.86 bits per heavy atom. The predicted octanol–water partition coefficient (Wildman–Crippen LogP) is 2.40. The monoisotopic (exact) mass is 358 g/mol. The van der Waals surface area contributed by atoms with Crippen molar-refractivity contribution in [1.82, 2.24) is 4.31 Å². The maximum Gasteiger partial charge on any atom is 0.416 e. The lowest BCUT2D eigenvalue weighted by atomic mass is 10.1. The third-order valence-electron chi connectivity index (χ3n) is 3.76. The molecule has 2 unspecified atom stereocenters. The van der Waals surface area contributed by atoms with Crippen molar-refractivity contribution >= 4 is 22.4 Å². The second-order valence-corrected chi connectivity index (χ2v) is 7.35. The maximum absolute atomic E-state index is 12.6. The molecule has 1 heterocycles. The van der Waals surface area contributed by atoms with Crippen molar-refractivity contribution in [3.63, 3.8) is 0 Å². The first kappa shape index (κ1) is 19.2. The van der Waals surface area contributed by atoms with Crippen molar-refractivity contribution in [2.45, 2.75) is 31.0 Å². The van der Waals surface area contributed by atoms with Crippen molar-refractivity contribution in [1.29, 1.82) is 0 Å². The van der Waals surface area contributed by atoms with Crippen LogP contribution in [-0.4, -0.2) is 31.9 Å². The van der Waals surface area contributed by atoms with Gasteiger partial charge in [-0.2, -0.15) is 17.5 Å². The van der Waals surface area contributed by atoms with Gasteiger partial charge in [0.2, 0.25) is 10.0 Å². The highest BCUT2D eigenvalue weighted by Gasteiger charge is 2.37. The number of alkyl halides is 3. The molecule has 2 N–H and O–H groups in total. The smallest absolute Gasteiger partial charge is 0.326 e. The first-order valence-electron chi connectivity index (χ1n) is 6.47. The number of hydrogen-bond donors (Lipinski definition) is 1. The predicted molar refractivity (Wildman–Crippen MR) is 79.3 cm³/mol. The van der Waals surface area contributed by atoms with Gasteiger partial charge in [-0.15, -0.1) is 12.4 Å². The molecule has 22 heavy (non-hydrogen) atoms. The first-order valence-corrected chi connectivity index (χ1v) is 7.91. The summed E-state index contributed by atoms with van der Waals surface area (Å²) in [5.74, 6) is 0.0227. The molecule has 2 atom stereocenters. The fourth-order valence-electron chi connectivity index (χ4n) is 2.40. The summed E-state index contributed by atoms with van der Waals surface area (Å²) in [5, 5.41) is 0. The molecule has 0 aromatic heterocycles. The van der Waals surface area contributed by atoms with E-state index < -0.39 is 21.8 Å². The lowest BCUT2D eigenvalue weighted by Gasteiger charge is -2.18. The Bertz CT molecular complexity index is 639. The number of nitrogens with zero attached hydrogens (tertiary/aromatic N) is 1. The fraction of sp³-hybridized carbons (Fsp3) is 0.538. The molecule has 1 aromatic carbocycles. The average molecular weight is 359 g/mol. The number of benzene rings is 1. The van der Waals surface area contributed by atoms with E-state index in [2.05, 4.69) is 0 Å². The number of rotatable bonds is 2. The van der Waals surface area contributed by atoms with Crippen LogP contribution < -0.4 is 5.73 Å². The van der Waals surface area contributed by atoms with E-state index in [-0.39, 0.29) is 47.9 Å². The van der Waals surface area contributed by atoms with Crippen LogP contribution in [0.25, 0.3) is 0 Å². The van der Waals surface area contributed by atoms with E-state index in [1.54, 1.807) is 0 Å². The van der Waals surface area contributed by atoms with E-state index in [1.165, 1.54) is 11.2 Å². The largest absolute Gasteiger partial charge is 0.416 e. The zero-order valence-electron chi connectivity index (χ0n) is 12.1. The molecule has 1 saturated heterocycles. The normalized spacial score (nSPS) is 23.4. The molecule has 2 rings (SSSR count). The van der Waals surface area contributed by atoms with Crippen LogP contribution >= 0.6 is 12.4 Å². The van der Waals surface area contributed by atoms with Crippen LogP contribution in [0.1, 0.15) is 18.1 Å². The highest BCUT2D eigenvalue weighted by Crippen LogP contribution is 2.32. The second kappa shape index (κ2) is 6.35. The summed E-state index contributed by atoms with van der Waals surface area (Å²) in [4.78, 5) is -0.100. The summed E-state index contributed by atoms with van der Waals surface area (Å²) >= 11 is 0. The van der Waals surface area contributed by atoms with Gasteiger partial charge in [-0.05, 0) is 36.6 Å². The van der Waals surface area contributed by atoms with Crippen LogP contribution in [0.3, 0.4) is 0 Å². The van der Waals surface area contributed by atoms with Gasteiger partial charge in [0.25, 0.3) is 0 Å². The molecule has 0 amide bonds. The van der Waals surface area contributed by atoms with Crippen molar-refractivity contribution in [3.8, 4) is 0 Å². The van der Waals surface area contributed by atoms with Gasteiger partial charge in [0, 0.05) is 19.1 Å². The standard InChI is InChI=1S/C13H17F3N2O2S.ClH/c1-8-5-10(13(14,15)16)3-4-12(8)21(19,20)18-6-9(2)11(17)7-18;/h3-5,9,11H,6-7,17H2,1-2H3;1H. The Kier molecular flexibility index (Phi) is 5.55. The zero-order chi connectivity index (χ0) is 16.0. The molecule has 1 aromatic rings. The van der Waals surface area contributed by atoms with Crippen molar-refractivity contribution in [2.75, 3.05) is 13.1 Å². The van der Waals surface area contributed by atoms with Crippen molar-refractivity contribution in [3.05, 3.63) is 29.3 Å². The molecular formula is C13H18ClF3N2O2S. The first-order chi connectivity index (χ1) is 9.53. The fourth-order valence-corrected chi connectivity index (χ4v) is 4.18. The number of sulfonamides is 1. The SMILES string of the molecule is Cc1cc(C(F)(F)F)ccc1S(=O)(=O)N1CC(C)C(N)C1.Cl. The van der Waals surface area contributed by atoms with Crippen LogP contribution in [0.15, 0.2) is 23.1 Å². The van der Waals surface area contributed by atoms with Gasteiger partial charge in [0.1, 0.15) is 0 Å². The van der Waals surface area contributed by atoms with E-state index in [4.69, 9.17) is 5.73 Å². The van der Waals surface area contributed by atoms with Gasteiger partial charge in [0.05, 0.1) is 10.5 Å². The van der Waals surface area contributed by atoms with Crippen molar-refractivity contribution in [2.24, 2.45) is 11.7 Å². The van der Waals surface area contributed by atoms with E-state index >= 15 is 0 Å². The summed E-state index contributed by atoms with van der Waals surface area (Å²) in [6.07, 6.45) is -4.49. The molecular weight excluding hydrogens is 341 g/mol. The van der Waals surface area contributed by atoms with E-state index in [1.807, 2.05) is 6.92 Å². The zero-order valence-corrected chi connectivity index (χ0v) is 13.7. The minimum atomic E-state index is -4.49. The van der Waals surface area contributed by atoms with Gasteiger partial charge in [-0.1, -0.05) is 6.92 Å². The minimum absolute atomic E-state index is 0. The highest BCUT2D eigenvalue weighted by atomic mass is 35.5. The number of nitrogens with two attached hydrogens (primary N) is 1. The lowest BCUT2D eigenvalue weighted by Crippen LogP contribution is -2.32. The summed E-state index contributed by atoms with van der Waals surface area (Å²) in [6.45, 7) is 3.68. The van der Waals surface area contributed by atoms with Gasteiger partial charge in [-0.3, -0.25) is 0 Å². The molecule has 0 saturated carbocycles. The Hall–Kier alpha value is -0.830.